The number of amides is 2. The van der Waals surface area contributed by atoms with Gasteiger partial charge in [-0.15, -0.1) is 0 Å². The highest BCUT2D eigenvalue weighted by Crippen LogP contribution is 2.08. The van der Waals surface area contributed by atoms with Crippen molar-refractivity contribution < 1.29 is 4.79 Å². The van der Waals surface area contributed by atoms with Crippen LogP contribution < -0.4 is 10.6 Å². The first-order valence-corrected chi connectivity index (χ1v) is 7.77. The number of allylic oxidation sites excluding steroid dienone is 5. The topological polar surface area (TPSA) is 41.1 Å². The van der Waals surface area contributed by atoms with Crippen molar-refractivity contribution in [2.45, 2.75) is 66.3 Å². The highest BCUT2D eigenvalue weighted by Gasteiger charge is 2.09. The minimum atomic E-state index is -0.112. The Bertz CT molecular complexity index is 367. The molecule has 0 bridgehead atoms. The van der Waals surface area contributed by atoms with Crippen molar-refractivity contribution in [3.05, 3.63) is 35.6 Å². The molecule has 3 nitrogen and oxygen atoms in total. The fraction of sp³-hybridized carbons (Fsp3) is 0.588. The van der Waals surface area contributed by atoms with Gasteiger partial charge >= 0.3 is 6.03 Å². The van der Waals surface area contributed by atoms with Gasteiger partial charge in [0.1, 0.15) is 0 Å². The van der Waals surface area contributed by atoms with Crippen molar-refractivity contribution in [1.29, 1.82) is 0 Å². The SMILES string of the molecule is CC.CCCC(CC)NC(=O)NC1=CC=C(C)CC=C1. The van der Waals surface area contributed by atoms with Crippen LogP contribution in [0.4, 0.5) is 4.79 Å². The Hall–Kier alpha value is -1.51. The summed E-state index contributed by atoms with van der Waals surface area (Å²) in [7, 11) is 0. The number of rotatable bonds is 5. The zero-order valence-corrected chi connectivity index (χ0v) is 13.6. The fourth-order valence-corrected chi connectivity index (χ4v) is 1.89. The molecular formula is C17H30N2O. The van der Waals surface area contributed by atoms with Crippen LogP contribution in [0.5, 0.6) is 0 Å². The van der Waals surface area contributed by atoms with Crippen LogP contribution in [0.1, 0.15) is 60.3 Å². The Kier molecular flexibility index (Phi) is 10.5. The monoisotopic (exact) mass is 278 g/mol. The first-order valence-electron chi connectivity index (χ1n) is 7.77. The van der Waals surface area contributed by atoms with Crippen LogP contribution in [0, 0.1) is 0 Å². The van der Waals surface area contributed by atoms with Crippen molar-refractivity contribution in [3.8, 4) is 0 Å². The van der Waals surface area contributed by atoms with Gasteiger partial charge in [-0.2, -0.15) is 0 Å². The summed E-state index contributed by atoms with van der Waals surface area (Å²) in [6.07, 6.45) is 12.0. The number of hydrogen-bond acceptors (Lipinski definition) is 1. The lowest BCUT2D eigenvalue weighted by Crippen LogP contribution is -2.41. The van der Waals surface area contributed by atoms with Crippen LogP contribution in [-0.2, 0) is 0 Å². The van der Waals surface area contributed by atoms with Crippen LogP contribution in [0.2, 0.25) is 0 Å². The van der Waals surface area contributed by atoms with Gasteiger partial charge in [-0.05, 0) is 38.3 Å². The van der Waals surface area contributed by atoms with Gasteiger partial charge in [-0.1, -0.05) is 51.8 Å². The zero-order chi connectivity index (χ0) is 15.4. The van der Waals surface area contributed by atoms with Crippen LogP contribution in [0.15, 0.2) is 35.6 Å². The van der Waals surface area contributed by atoms with E-state index in [1.54, 1.807) is 0 Å². The standard InChI is InChI=1S/C15H24N2O.C2H6/c1-4-7-13(5-2)16-15(18)17-14-9-6-8-12(3)10-11-14;1-2/h6,9-11,13H,4-5,7-8H2,1-3H3,(H2,16,17,18);1-2H3. The highest BCUT2D eigenvalue weighted by atomic mass is 16.2. The van der Waals surface area contributed by atoms with E-state index in [-0.39, 0.29) is 12.1 Å². The van der Waals surface area contributed by atoms with E-state index < -0.39 is 0 Å². The molecule has 1 rings (SSSR count). The van der Waals surface area contributed by atoms with E-state index in [4.69, 9.17) is 0 Å². The Balaban J connectivity index is 0.00000172. The largest absolute Gasteiger partial charge is 0.335 e. The quantitative estimate of drug-likeness (QED) is 0.753. The molecule has 0 heterocycles. The summed E-state index contributed by atoms with van der Waals surface area (Å²) in [6.45, 7) is 10.3. The molecule has 2 N–H and O–H groups in total. The molecule has 3 heteroatoms. The molecule has 0 aromatic heterocycles. The first-order chi connectivity index (χ1) is 9.65. The Labute approximate surface area is 124 Å². The van der Waals surface area contributed by atoms with E-state index in [2.05, 4.69) is 37.5 Å². The minimum absolute atomic E-state index is 0.112. The minimum Gasteiger partial charge on any atom is -0.335 e. The van der Waals surface area contributed by atoms with Crippen molar-refractivity contribution in [2.75, 3.05) is 0 Å². The number of nitrogens with one attached hydrogen (secondary N) is 2. The lowest BCUT2D eigenvalue weighted by atomic mass is 10.1. The predicted molar refractivity (Wildman–Crippen MR) is 87.6 cm³/mol. The summed E-state index contributed by atoms with van der Waals surface area (Å²) < 4.78 is 0. The van der Waals surface area contributed by atoms with Gasteiger partial charge in [-0.25, -0.2) is 4.79 Å². The summed E-state index contributed by atoms with van der Waals surface area (Å²) in [5.41, 5.74) is 2.14. The third kappa shape index (κ3) is 7.82. The fourth-order valence-electron chi connectivity index (χ4n) is 1.89. The number of urea groups is 1. The molecule has 1 atom stereocenters. The molecule has 1 aliphatic carbocycles. The maximum Gasteiger partial charge on any atom is 0.319 e. The second-order valence-electron chi connectivity index (χ2n) is 4.73. The molecular weight excluding hydrogens is 248 g/mol. The number of carbonyl (C=O) groups excluding carboxylic acids is 1. The van der Waals surface area contributed by atoms with Gasteiger partial charge < -0.3 is 10.6 Å². The lowest BCUT2D eigenvalue weighted by molar-refractivity contribution is 0.238. The Morgan fingerprint density at radius 2 is 2.00 bits per heavy atom. The smallest absolute Gasteiger partial charge is 0.319 e. The summed E-state index contributed by atoms with van der Waals surface area (Å²) in [5.74, 6) is 0. The summed E-state index contributed by atoms with van der Waals surface area (Å²) in [6, 6.07) is 0.154. The lowest BCUT2D eigenvalue weighted by Gasteiger charge is -2.16. The summed E-state index contributed by atoms with van der Waals surface area (Å²) in [4.78, 5) is 11.8. The van der Waals surface area contributed by atoms with E-state index in [0.29, 0.717) is 0 Å². The molecule has 0 aliphatic heterocycles. The zero-order valence-electron chi connectivity index (χ0n) is 13.6. The van der Waals surface area contributed by atoms with Crippen LogP contribution in [-0.4, -0.2) is 12.1 Å². The van der Waals surface area contributed by atoms with E-state index in [9.17, 15) is 4.79 Å². The van der Waals surface area contributed by atoms with Crippen LogP contribution in [0.3, 0.4) is 0 Å². The molecule has 20 heavy (non-hydrogen) atoms. The maximum atomic E-state index is 11.8. The van der Waals surface area contributed by atoms with Crippen molar-refractivity contribution >= 4 is 6.03 Å². The first kappa shape index (κ1) is 18.5. The van der Waals surface area contributed by atoms with Crippen LogP contribution >= 0.6 is 0 Å². The van der Waals surface area contributed by atoms with Gasteiger partial charge in [0, 0.05) is 11.7 Å². The molecule has 1 aliphatic rings. The molecule has 0 saturated heterocycles. The summed E-state index contributed by atoms with van der Waals surface area (Å²) in [5, 5.41) is 5.88. The number of carbonyl (C=O) groups is 1. The average Bonchev–Trinajstić information content (AvgIpc) is 2.65. The molecule has 0 spiro atoms. The second-order valence-corrected chi connectivity index (χ2v) is 4.73. The molecule has 0 aromatic carbocycles. The van der Waals surface area contributed by atoms with Crippen molar-refractivity contribution in [1.82, 2.24) is 10.6 Å². The van der Waals surface area contributed by atoms with Gasteiger partial charge in [0.05, 0.1) is 0 Å². The van der Waals surface area contributed by atoms with Crippen molar-refractivity contribution in [3.63, 3.8) is 0 Å². The van der Waals surface area contributed by atoms with E-state index in [1.165, 1.54) is 5.57 Å². The average molecular weight is 278 g/mol. The highest BCUT2D eigenvalue weighted by molar-refractivity contribution is 5.76. The van der Waals surface area contributed by atoms with Gasteiger partial charge in [0.2, 0.25) is 0 Å². The van der Waals surface area contributed by atoms with Gasteiger partial charge in [0.25, 0.3) is 0 Å². The van der Waals surface area contributed by atoms with Gasteiger partial charge in [-0.3, -0.25) is 0 Å². The normalized spacial score (nSPS) is 15.1. The Morgan fingerprint density at radius 3 is 2.60 bits per heavy atom. The van der Waals surface area contributed by atoms with E-state index in [1.807, 2.05) is 32.1 Å². The molecule has 0 radical (unpaired) electrons. The third-order valence-corrected chi connectivity index (χ3v) is 3.01. The summed E-state index contributed by atoms with van der Waals surface area (Å²) >= 11 is 0. The molecule has 114 valence electrons. The van der Waals surface area contributed by atoms with E-state index >= 15 is 0 Å². The second kappa shape index (κ2) is 11.3. The molecule has 0 aromatic rings. The maximum absolute atomic E-state index is 11.8. The molecule has 1 unspecified atom stereocenters. The van der Waals surface area contributed by atoms with Crippen molar-refractivity contribution in [2.24, 2.45) is 0 Å². The van der Waals surface area contributed by atoms with Crippen LogP contribution in [0.25, 0.3) is 0 Å². The molecule has 0 fully saturated rings. The predicted octanol–water partition coefficient (Wildman–Crippen LogP) is 4.68. The van der Waals surface area contributed by atoms with E-state index in [0.717, 1.165) is 31.4 Å². The Morgan fingerprint density at radius 1 is 1.30 bits per heavy atom. The van der Waals surface area contributed by atoms with Gasteiger partial charge in [0.15, 0.2) is 0 Å². The third-order valence-electron chi connectivity index (χ3n) is 3.01. The number of hydrogen-bond donors (Lipinski definition) is 2. The molecule has 0 saturated carbocycles. The molecule has 2 amide bonds.